The van der Waals surface area contributed by atoms with Crippen LogP contribution in [-0.4, -0.2) is 29.3 Å². The van der Waals surface area contributed by atoms with E-state index in [2.05, 4.69) is 20.1 Å². The summed E-state index contributed by atoms with van der Waals surface area (Å²) in [7, 11) is 0. The molecule has 2 N–H and O–H groups in total. The summed E-state index contributed by atoms with van der Waals surface area (Å²) in [6.07, 6.45) is 4.28. The summed E-state index contributed by atoms with van der Waals surface area (Å²) in [5, 5.41) is 4.12. The van der Waals surface area contributed by atoms with E-state index in [1.165, 1.54) is 29.3 Å². The molecule has 0 fully saturated rings. The molecule has 0 atom stereocenters. The van der Waals surface area contributed by atoms with E-state index in [0.717, 1.165) is 10.1 Å². The maximum Gasteiger partial charge on any atom is 0.334 e. The van der Waals surface area contributed by atoms with Crippen molar-refractivity contribution >= 4 is 11.2 Å². The van der Waals surface area contributed by atoms with Gasteiger partial charge < -0.3 is 4.98 Å². The summed E-state index contributed by atoms with van der Waals surface area (Å²) < 4.78 is 15.7. The first-order valence-electron chi connectivity index (χ1n) is 7.07. The quantitative estimate of drug-likeness (QED) is 0.581. The Morgan fingerprint density at radius 1 is 1.25 bits per heavy atom. The van der Waals surface area contributed by atoms with Crippen molar-refractivity contribution in [2.75, 3.05) is 0 Å². The fourth-order valence-corrected chi connectivity index (χ4v) is 2.52. The number of rotatable bonds is 3. The van der Waals surface area contributed by atoms with Crippen LogP contribution in [0.5, 0.6) is 0 Å². The van der Waals surface area contributed by atoms with Crippen LogP contribution in [0.25, 0.3) is 16.9 Å². The Bertz CT molecular complexity index is 1150. The molecule has 1 aromatic carbocycles. The Balaban J connectivity index is 1.75. The lowest BCUT2D eigenvalue weighted by molar-refractivity contribution is 0.619. The highest BCUT2D eigenvalue weighted by molar-refractivity contribution is 5.68. The Hall–Kier alpha value is -3.49. The molecule has 0 aliphatic carbocycles. The molecule has 0 unspecified atom stereocenters. The van der Waals surface area contributed by atoms with E-state index in [-0.39, 0.29) is 17.0 Å². The number of aromatic nitrogens is 6. The highest BCUT2D eigenvalue weighted by Crippen LogP contribution is 2.08. The van der Waals surface area contributed by atoms with E-state index in [9.17, 15) is 14.0 Å². The Labute approximate surface area is 133 Å². The number of fused-ring (bicyclic) bond motifs is 1. The summed E-state index contributed by atoms with van der Waals surface area (Å²) in [6, 6.07) is 6.13. The molecule has 0 amide bonds. The van der Waals surface area contributed by atoms with Gasteiger partial charge in [-0.15, -0.1) is 0 Å². The second kappa shape index (κ2) is 5.30. The van der Waals surface area contributed by atoms with Crippen LogP contribution in [0.3, 0.4) is 0 Å². The van der Waals surface area contributed by atoms with Gasteiger partial charge in [-0.25, -0.2) is 18.7 Å². The predicted molar refractivity (Wildman–Crippen MR) is 83.6 cm³/mol. The van der Waals surface area contributed by atoms with Crippen molar-refractivity contribution in [1.29, 1.82) is 0 Å². The standard InChI is InChI=1S/C15H11FN6O2/c16-10-3-1-2-9(4-10)6-21-7-11(5-19-21)22-14(23)12-13(18-8-17-12)20-15(22)24/h1-5,7-8H,6H2,(H,17,18)(H,20,24). The van der Waals surface area contributed by atoms with Gasteiger partial charge in [-0.05, 0) is 17.7 Å². The van der Waals surface area contributed by atoms with E-state index < -0.39 is 11.2 Å². The molecular formula is C15H11FN6O2. The average Bonchev–Trinajstić information content (AvgIpc) is 3.17. The first-order chi connectivity index (χ1) is 11.6. The number of benzene rings is 1. The molecule has 0 spiro atoms. The van der Waals surface area contributed by atoms with Crippen LogP contribution in [0, 0.1) is 5.82 Å². The average molecular weight is 326 g/mol. The lowest BCUT2D eigenvalue weighted by atomic mass is 10.2. The molecule has 0 radical (unpaired) electrons. The summed E-state index contributed by atoms with van der Waals surface area (Å²) in [4.78, 5) is 33.6. The van der Waals surface area contributed by atoms with Gasteiger partial charge in [-0.3, -0.25) is 14.5 Å². The second-order valence-electron chi connectivity index (χ2n) is 5.22. The van der Waals surface area contributed by atoms with E-state index >= 15 is 0 Å². The van der Waals surface area contributed by atoms with Crippen molar-refractivity contribution in [3.8, 4) is 5.69 Å². The van der Waals surface area contributed by atoms with Gasteiger partial charge in [0.25, 0.3) is 5.56 Å². The van der Waals surface area contributed by atoms with Crippen LogP contribution >= 0.6 is 0 Å². The van der Waals surface area contributed by atoms with Gasteiger partial charge >= 0.3 is 5.69 Å². The van der Waals surface area contributed by atoms with Crippen molar-refractivity contribution in [3.05, 3.63) is 75.2 Å². The number of imidazole rings is 1. The summed E-state index contributed by atoms with van der Waals surface area (Å²) in [5.41, 5.74) is 0.312. The lowest BCUT2D eigenvalue weighted by Crippen LogP contribution is -2.33. The minimum absolute atomic E-state index is 0.201. The first-order valence-corrected chi connectivity index (χ1v) is 7.07. The molecular weight excluding hydrogens is 315 g/mol. The summed E-state index contributed by atoms with van der Waals surface area (Å²) >= 11 is 0. The molecule has 0 aliphatic rings. The molecule has 3 aromatic heterocycles. The van der Waals surface area contributed by atoms with Crippen molar-refractivity contribution in [3.63, 3.8) is 0 Å². The van der Waals surface area contributed by atoms with Crippen molar-refractivity contribution in [2.24, 2.45) is 0 Å². The second-order valence-corrected chi connectivity index (χ2v) is 5.22. The third kappa shape index (κ3) is 2.32. The molecule has 0 bridgehead atoms. The van der Waals surface area contributed by atoms with Gasteiger partial charge in [0.05, 0.1) is 24.8 Å². The number of nitrogens with one attached hydrogen (secondary N) is 2. The number of nitrogens with zero attached hydrogens (tertiary/aromatic N) is 4. The highest BCUT2D eigenvalue weighted by Gasteiger charge is 2.12. The number of aromatic amines is 2. The molecule has 3 heterocycles. The smallest absolute Gasteiger partial charge is 0.334 e. The van der Waals surface area contributed by atoms with E-state index in [1.807, 2.05) is 0 Å². The summed E-state index contributed by atoms with van der Waals surface area (Å²) in [6.45, 7) is 0.316. The molecule has 9 heteroatoms. The van der Waals surface area contributed by atoms with Crippen LogP contribution in [0.15, 0.2) is 52.6 Å². The fourth-order valence-electron chi connectivity index (χ4n) is 2.52. The van der Waals surface area contributed by atoms with Crippen LogP contribution in [0.4, 0.5) is 4.39 Å². The molecule has 4 rings (SSSR count). The highest BCUT2D eigenvalue weighted by atomic mass is 19.1. The molecule has 0 aliphatic heterocycles. The number of hydrogen-bond acceptors (Lipinski definition) is 4. The van der Waals surface area contributed by atoms with Gasteiger partial charge in [-0.1, -0.05) is 12.1 Å². The van der Waals surface area contributed by atoms with Gasteiger partial charge in [0.15, 0.2) is 5.65 Å². The predicted octanol–water partition coefficient (Wildman–Crippen LogP) is 0.786. The topological polar surface area (TPSA) is 101 Å². The van der Waals surface area contributed by atoms with E-state index in [0.29, 0.717) is 12.2 Å². The van der Waals surface area contributed by atoms with E-state index in [1.54, 1.807) is 18.3 Å². The fraction of sp³-hybridized carbons (Fsp3) is 0.0667. The molecule has 120 valence electrons. The van der Waals surface area contributed by atoms with Crippen LogP contribution in [-0.2, 0) is 6.54 Å². The Morgan fingerprint density at radius 2 is 2.12 bits per heavy atom. The van der Waals surface area contributed by atoms with Crippen LogP contribution in [0.1, 0.15) is 5.56 Å². The number of hydrogen-bond donors (Lipinski definition) is 2. The molecule has 8 nitrogen and oxygen atoms in total. The molecule has 4 aromatic rings. The van der Waals surface area contributed by atoms with Crippen molar-refractivity contribution < 1.29 is 4.39 Å². The third-order valence-corrected chi connectivity index (χ3v) is 3.60. The monoisotopic (exact) mass is 326 g/mol. The van der Waals surface area contributed by atoms with E-state index in [4.69, 9.17) is 0 Å². The van der Waals surface area contributed by atoms with Gasteiger partial charge in [0.1, 0.15) is 11.3 Å². The third-order valence-electron chi connectivity index (χ3n) is 3.60. The maximum atomic E-state index is 13.2. The molecule has 0 saturated heterocycles. The zero-order valence-electron chi connectivity index (χ0n) is 12.2. The Kier molecular flexibility index (Phi) is 3.12. The van der Waals surface area contributed by atoms with Crippen molar-refractivity contribution in [1.82, 2.24) is 29.3 Å². The maximum absolute atomic E-state index is 13.2. The zero-order valence-corrected chi connectivity index (χ0v) is 12.2. The number of halogens is 1. The van der Waals surface area contributed by atoms with Gasteiger partial charge in [0, 0.05) is 6.20 Å². The van der Waals surface area contributed by atoms with Crippen molar-refractivity contribution in [2.45, 2.75) is 6.54 Å². The van der Waals surface area contributed by atoms with Crippen LogP contribution in [0.2, 0.25) is 0 Å². The van der Waals surface area contributed by atoms with Gasteiger partial charge in [0.2, 0.25) is 0 Å². The molecule has 24 heavy (non-hydrogen) atoms. The summed E-state index contributed by atoms with van der Waals surface area (Å²) in [5.74, 6) is -0.336. The Morgan fingerprint density at radius 3 is 2.96 bits per heavy atom. The van der Waals surface area contributed by atoms with Gasteiger partial charge in [-0.2, -0.15) is 5.10 Å². The zero-order chi connectivity index (χ0) is 16.7. The normalized spacial score (nSPS) is 11.2. The number of H-pyrrole nitrogens is 2. The minimum atomic E-state index is -0.607. The SMILES string of the molecule is O=c1[nH]c2nc[nH]c2c(=O)n1-c1cnn(Cc2cccc(F)c2)c1. The minimum Gasteiger partial charge on any atom is -0.339 e. The molecule has 0 saturated carbocycles. The lowest BCUT2D eigenvalue weighted by Gasteiger charge is -2.02. The van der Waals surface area contributed by atoms with Crippen LogP contribution < -0.4 is 11.2 Å². The first kappa shape index (κ1) is 14.1. The largest absolute Gasteiger partial charge is 0.339 e.